The van der Waals surface area contributed by atoms with Crippen LogP contribution in [-0.2, 0) is 6.18 Å². The summed E-state index contributed by atoms with van der Waals surface area (Å²) in [7, 11) is 0. The molecule has 1 aliphatic carbocycles. The smallest absolute Gasteiger partial charge is 0.348 e. The molecule has 2 heterocycles. The van der Waals surface area contributed by atoms with Crippen LogP contribution in [0.1, 0.15) is 34.6 Å². The monoisotopic (exact) mass is 317 g/mol. The first-order valence-electron chi connectivity index (χ1n) is 6.33. The van der Waals surface area contributed by atoms with Gasteiger partial charge in [-0.25, -0.2) is 4.98 Å². The highest BCUT2D eigenvalue weighted by atomic mass is 35.5. The minimum absolute atomic E-state index is 0.0879. The number of aromatic nitrogens is 2. The molecule has 8 heteroatoms. The Balaban J connectivity index is 2.16. The van der Waals surface area contributed by atoms with E-state index in [0.29, 0.717) is 5.69 Å². The van der Waals surface area contributed by atoms with E-state index in [2.05, 4.69) is 10.3 Å². The molecule has 4 nitrogen and oxygen atoms in total. The van der Waals surface area contributed by atoms with E-state index in [0.717, 1.165) is 29.5 Å². The summed E-state index contributed by atoms with van der Waals surface area (Å²) in [6, 6.07) is 0.912. The summed E-state index contributed by atoms with van der Waals surface area (Å²) < 4.78 is 39.7. The predicted molar refractivity (Wildman–Crippen MR) is 70.4 cm³/mol. The number of carbonyl (C=O) groups is 1. The molecule has 0 aromatic carbocycles. The largest absolute Gasteiger partial charge is 0.417 e. The Kier molecular flexibility index (Phi) is 3.12. The van der Waals surface area contributed by atoms with Crippen molar-refractivity contribution in [1.29, 1.82) is 0 Å². The quantitative estimate of drug-likeness (QED) is 0.924. The molecular weight excluding hydrogens is 307 g/mol. The lowest BCUT2D eigenvalue weighted by Gasteiger charge is -2.10. The van der Waals surface area contributed by atoms with Crippen LogP contribution in [0.15, 0.2) is 12.3 Å². The van der Waals surface area contributed by atoms with Crippen LogP contribution in [0.5, 0.6) is 0 Å². The first kappa shape index (κ1) is 14.2. The number of carbonyl (C=O) groups excluding carboxylic acids is 1. The second kappa shape index (κ2) is 4.62. The van der Waals surface area contributed by atoms with Gasteiger partial charge in [-0.1, -0.05) is 11.6 Å². The third-order valence-corrected chi connectivity index (χ3v) is 3.58. The van der Waals surface area contributed by atoms with Crippen LogP contribution in [0.4, 0.5) is 13.2 Å². The molecule has 1 N–H and O–H groups in total. The molecule has 0 saturated heterocycles. The van der Waals surface area contributed by atoms with Crippen LogP contribution in [0.3, 0.4) is 0 Å². The van der Waals surface area contributed by atoms with Crippen LogP contribution in [0.2, 0.25) is 5.02 Å². The summed E-state index contributed by atoms with van der Waals surface area (Å²) in [5.74, 6) is -0.433. The van der Waals surface area contributed by atoms with E-state index in [1.54, 1.807) is 6.92 Å². The lowest BCUT2D eigenvalue weighted by Crippen LogP contribution is -2.27. The maximum atomic E-state index is 12.9. The highest BCUT2D eigenvalue weighted by molar-refractivity contribution is 6.33. The van der Waals surface area contributed by atoms with E-state index in [9.17, 15) is 18.0 Å². The normalized spacial score (nSPS) is 15.5. The van der Waals surface area contributed by atoms with Crippen LogP contribution >= 0.6 is 11.6 Å². The van der Waals surface area contributed by atoms with Gasteiger partial charge < -0.3 is 5.32 Å². The third-order valence-electron chi connectivity index (χ3n) is 3.30. The van der Waals surface area contributed by atoms with Crippen molar-refractivity contribution in [2.45, 2.75) is 32.0 Å². The van der Waals surface area contributed by atoms with Gasteiger partial charge in [0.1, 0.15) is 5.69 Å². The minimum atomic E-state index is -4.54. The predicted octanol–water partition coefficient (Wildman–Crippen LogP) is 3.21. The SMILES string of the molecule is Cc1nc2c(Cl)cc(C(F)(F)F)cn2c1C(=O)NC1CC1. The number of imidazole rings is 1. The van der Waals surface area contributed by atoms with Crippen LogP contribution in [-0.4, -0.2) is 21.3 Å². The molecule has 0 atom stereocenters. The second-order valence-electron chi connectivity index (χ2n) is 5.06. The van der Waals surface area contributed by atoms with Crippen molar-refractivity contribution >= 4 is 23.2 Å². The molecule has 0 unspecified atom stereocenters. The topological polar surface area (TPSA) is 46.4 Å². The Bertz CT molecular complexity index is 734. The number of aryl methyl sites for hydroxylation is 1. The molecule has 0 aliphatic heterocycles. The van der Waals surface area contributed by atoms with Crippen LogP contribution in [0.25, 0.3) is 5.65 Å². The second-order valence-corrected chi connectivity index (χ2v) is 5.47. The summed E-state index contributed by atoms with van der Waals surface area (Å²) in [5, 5.41) is 2.60. The number of nitrogens with zero attached hydrogens (tertiary/aromatic N) is 2. The zero-order valence-corrected chi connectivity index (χ0v) is 11.7. The summed E-state index contributed by atoms with van der Waals surface area (Å²) in [4.78, 5) is 16.3. The van der Waals surface area contributed by atoms with Gasteiger partial charge in [-0.2, -0.15) is 13.2 Å². The number of rotatable bonds is 2. The van der Waals surface area contributed by atoms with Gasteiger partial charge in [0.2, 0.25) is 0 Å². The van der Waals surface area contributed by atoms with Crippen molar-refractivity contribution in [3.05, 3.63) is 34.2 Å². The van der Waals surface area contributed by atoms with Gasteiger partial charge in [0, 0.05) is 12.2 Å². The van der Waals surface area contributed by atoms with Crippen molar-refractivity contribution < 1.29 is 18.0 Å². The number of pyridine rings is 1. The fourth-order valence-corrected chi connectivity index (χ4v) is 2.38. The number of fused-ring (bicyclic) bond motifs is 1. The molecular formula is C13H11ClF3N3O. The van der Waals surface area contributed by atoms with Gasteiger partial charge in [-0.3, -0.25) is 9.20 Å². The molecule has 3 rings (SSSR count). The van der Waals surface area contributed by atoms with Gasteiger partial charge in [0.15, 0.2) is 5.65 Å². The molecule has 1 saturated carbocycles. The summed E-state index contributed by atoms with van der Waals surface area (Å²) >= 11 is 5.86. The zero-order chi connectivity index (χ0) is 15.4. The lowest BCUT2D eigenvalue weighted by atomic mass is 10.2. The summed E-state index contributed by atoms with van der Waals surface area (Å²) in [6.07, 6.45) is -1.92. The molecule has 2 aromatic heterocycles. The van der Waals surface area contributed by atoms with E-state index in [1.807, 2.05) is 0 Å². The lowest BCUT2D eigenvalue weighted by molar-refractivity contribution is -0.137. The molecule has 0 spiro atoms. The van der Waals surface area contributed by atoms with E-state index in [4.69, 9.17) is 11.6 Å². The summed E-state index contributed by atoms with van der Waals surface area (Å²) in [6.45, 7) is 1.57. The number of hydrogen-bond donors (Lipinski definition) is 1. The van der Waals surface area contributed by atoms with E-state index in [-0.39, 0.29) is 22.4 Å². The Morgan fingerprint density at radius 3 is 2.71 bits per heavy atom. The maximum absolute atomic E-state index is 12.9. The highest BCUT2D eigenvalue weighted by Crippen LogP contribution is 2.33. The van der Waals surface area contributed by atoms with Crippen molar-refractivity contribution in [1.82, 2.24) is 14.7 Å². The van der Waals surface area contributed by atoms with Crippen molar-refractivity contribution in [3.8, 4) is 0 Å². The molecule has 0 radical (unpaired) electrons. The standard InChI is InChI=1S/C13H11ClF3N3O/c1-6-10(12(21)19-8-2-3-8)20-5-7(13(15,16)17)4-9(14)11(20)18-6/h4-5,8H,2-3H2,1H3,(H,19,21). The molecule has 1 aliphatic rings. The summed E-state index contributed by atoms with van der Waals surface area (Å²) in [5.41, 5.74) is -0.347. The molecule has 2 aromatic rings. The van der Waals surface area contributed by atoms with Gasteiger partial charge in [0.05, 0.1) is 16.3 Å². The maximum Gasteiger partial charge on any atom is 0.417 e. The fourth-order valence-electron chi connectivity index (χ4n) is 2.13. The first-order valence-corrected chi connectivity index (χ1v) is 6.71. The van der Waals surface area contributed by atoms with Crippen molar-refractivity contribution in [2.75, 3.05) is 0 Å². The molecule has 0 bridgehead atoms. The average Bonchev–Trinajstić information content (AvgIpc) is 3.09. The first-order chi connectivity index (χ1) is 9.77. The number of amides is 1. The van der Waals surface area contributed by atoms with E-state index < -0.39 is 17.6 Å². The van der Waals surface area contributed by atoms with Crippen LogP contribution in [0, 0.1) is 6.92 Å². The molecule has 21 heavy (non-hydrogen) atoms. The van der Waals surface area contributed by atoms with Gasteiger partial charge >= 0.3 is 6.18 Å². The fraction of sp³-hybridized carbons (Fsp3) is 0.385. The van der Waals surface area contributed by atoms with Gasteiger partial charge in [-0.05, 0) is 25.8 Å². The highest BCUT2D eigenvalue weighted by Gasteiger charge is 2.33. The minimum Gasteiger partial charge on any atom is -0.348 e. The Morgan fingerprint density at radius 1 is 1.48 bits per heavy atom. The number of alkyl halides is 3. The van der Waals surface area contributed by atoms with Crippen molar-refractivity contribution in [3.63, 3.8) is 0 Å². The Morgan fingerprint density at radius 2 is 2.14 bits per heavy atom. The third kappa shape index (κ3) is 2.57. The number of halogens is 4. The van der Waals surface area contributed by atoms with E-state index >= 15 is 0 Å². The Hall–Kier alpha value is -1.76. The zero-order valence-electron chi connectivity index (χ0n) is 11.0. The molecule has 1 amide bonds. The average molecular weight is 318 g/mol. The molecule has 112 valence electrons. The molecule has 1 fully saturated rings. The Labute approximate surface area is 122 Å². The van der Waals surface area contributed by atoms with E-state index in [1.165, 1.54) is 0 Å². The van der Waals surface area contributed by atoms with Crippen molar-refractivity contribution in [2.24, 2.45) is 0 Å². The number of nitrogens with one attached hydrogen (secondary N) is 1. The van der Waals surface area contributed by atoms with Gasteiger partial charge in [-0.15, -0.1) is 0 Å². The number of hydrogen-bond acceptors (Lipinski definition) is 2. The van der Waals surface area contributed by atoms with Gasteiger partial charge in [0.25, 0.3) is 5.91 Å². The van der Waals surface area contributed by atoms with Crippen LogP contribution < -0.4 is 5.32 Å².